The van der Waals surface area contributed by atoms with Crippen LogP contribution < -0.4 is 5.73 Å². The van der Waals surface area contributed by atoms with Crippen molar-refractivity contribution in [3.63, 3.8) is 0 Å². The monoisotopic (exact) mass is 113 g/mol. The molecule has 0 bridgehead atoms. The van der Waals surface area contributed by atoms with Gasteiger partial charge in [-0.3, -0.25) is 0 Å². The van der Waals surface area contributed by atoms with Gasteiger partial charge in [0.1, 0.15) is 0 Å². The fourth-order valence-corrected chi connectivity index (χ4v) is 0.378. The third-order valence-corrected chi connectivity index (χ3v) is 1.46. The van der Waals surface area contributed by atoms with Gasteiger partial charge in [0, 0.05) is 0 Å². The molecule has 1 heteroatoms. The maximum Gasteiger partial charge on any atom is -0.00976 e. The lowest BCUT2D eigenvalue weighted by atomic mass is 9.91. The number of nitrogens with two attached hydrogens (primary N) is 1. The molecular weight excluding hydrogens is 98.1 g/mol. The summed E-state index contributed by atoms with van der Waals surface area (Å²) < 4.78 is 0. The van der Waals surface area contributed by atoms with E-state index in [0.29, 0.717) is 0 Å². The van der Waals surface area contributed by atoms with Gasteiger partial charge in [-0.15, -0.1) is 0 Å². The van der Waals surface area contributed by atoms with Crippen LogP contribution in [0.3, 0.4) is 0 Å². The Morgan fingerprint density at radius 3 is 2.12 bits per heavy atom. The van der Waals surface area contributed by atoms with E-state index in [2.05, 4.69) is 20.8 Å². The molecule has 0 unspecified atom stereocenters. The van der Waals surface area contributed by atoms with Gasteiger partial charge in [-0.1, -0.05) is 26.8 Å². The maximum atomic E-state index is 5.21. The molecule has 0 aromatic rings. The quantitative estimate of drug-likeness (QED) is 0.581. The summed E-state index contributed by atoms with van der Waals surface area (Å²) in [5, 5.41) is 0. The molecular formula is C7H15N. The van der Waals surface area contributed by atoms with Gasteiger partial charge >= 0.3 is 0 Å². The lowest BCUT2D eigenvalue weighted by Gasteiger charge is -2.15. The molecule has 0 aromatic carbocycles. The molecule has 48 valence electrons. The molecule has 0 spiro atoms. The van der Waals surface area contributed by atoms with Crippen molar-refractivity contribution in [1.29, 1.82) is 0 Å². The van der Waals surface area contributed by atoms with E-state index in [1.807, 2.05) is 6.08 Å². The van der Waals surface area contributed by atoms with Crippen LogP contribution in [0.4, 0.5) is 0 Å². The second-order valence-electron chi connectivity index (χ2n) is 2.70. The van der Waals surface area contributed by atoms with Crippen LogP contribution in [0.15, 0.2) is 12.3 Å². The molecule has 0 aliphatic carbocycles. The highest BCUT2D eigenvalue weighted by Gasteiger charge is 2.08. The maximum absolute atomic E-state index is 5.21. The van der Waals surface area contributed by atoms with Gasteiger partial charge in [0.25, 0.3) is 0 Å². The molecule has 0 radical (unpaired) electrons. The molecule has 2 N–H and O–H groups in total. The van der Waals surface area contributed by atoms with Crippen LogP contribution in [-0.4, -0.2) is 0 Å². The summed E-state index contributed by atoms with van der Waals surface area (Å²) >= 11 is 0. The van der Waals surface area contributed by atoms with E-state index in [1.165, 1.54) is 0 Å². The fraction of sp³-hybridized carbons (Fsp3) is 0.714. The van der Waals surface area contributed by atoms with Crippen LogP contribution in [0.1, 0.15) is 27.2 Å². The van der Waals surface area contributed by atoms with E-state index < -0.39 is 0 Å². The zero-order chi connectivity index (χ0) is 6.62. The van der Waals surface area contributed by atoms with Crippen LogP contribution in [0.5, 0.6) is 0 Å². The van der Waals surface area contributed by atoms with Gasteiger partial charge in [-0.25, -0.2) is 0 Å². The van der Waals surface area contributed by atoms with Crippen LogP contribution in [-0.2, 0) is 0 Å². The summed E-state index contributed by atoms with van der Waals surface area (Å²) in [4.78, 5) is 0. The summed E-state index contributed by atoms with van der Waals surface area (Å²) in [6.45, 7) is 6.48. The van der Waals surface area contributed by atoms with Crippen molar-refractivity contribution in [3.05, 3.63) is 12.3 Å². The summed E-state index contributed by atoms with van der Waals surface area (Å²) in [6.07, 6.45) is 4.78. The average Bonchev–Trinajstić information content (AvgIpc) is 1.67. The molecule has 8 heavy (non-hydrogen) atoms. The summed E-state index contributed by atoms with van der Waals surface area (Å²) in [5.74, 6) is 0. The van der Waals surface area contributed by atoms with Gasteiger partial charge in [-0.05, 0) is 18.0 Å². The van der Waals surface area contributed by atoms with Crippen LogP contribution in [0.25, 0.3) is 0 Å². The Balaban J connectivity index is 3.71. The first-order valence-electron chi connectivity index (χ1n) is 3.02. The van der Waals surface area contributed by atoms with Gasteiger partial charge in [-0.2, -0.15) is 0 Å². The molecule has 0 aromatic heterocycles. The number of hydrogen-bond donors (Lipinski definition) is 1. The van der Waals surface area contributed by atoms with Gasteiger partial charge in [0.05, 0.1) is 0 Å². The SMILES string of the molecule is CCC(C)(C)C=CN. The van der Waals surface area contributed by atoms with E-state index in [9.17, 15) is 0 Å². The molecule has 0 fully saturated rings. The summed E-state index contributed by atoms with van der Waals surface area (Å²) in [5.41, 5.74) is 5.50. The van der Waals surface area contributed by atoms with Crippen LogP contribution in [0.2, 0.25) is 0 Å². The van der Waals surface area contributed by atoms with Crippen LogP contribution in [0, 0.1) is 5.41 Å². The van der Waals surface area contributed by atoms with Crippen molar-refractivity contribution in [2.45, 2.75) is 27.2 Å². The molecule has 1 nitrogen and oxygen atoms in total. The third-order valence-electron chi connectivity index (χ3n) is 1.46. The van der Waals surface area contributed by atoms with Gasteiger partial charge < -0.3 is 5.73 Å². The molecule has 0 amide bonds. The predicted molar refractivity (Wildman–Crippen MR) is 37.4 cm³/mol. The fourth-order valence-electron chi connectivity index (χ4n) is 0.378. The molecule has 0 saturated heterocycles. The number of rotatable bonds is 2. The van der Waals surface area contributed by atoms with E-state index in [1.54, 1.807) is 6.20 Å². The van der Waals surface area contributed by atoms with E-state index in [4.69, 9.17) is 5.73 Å². The highest BCUT2D eigenvalue weighted by molar-refractivity contribution is 4.90. The molecule has 0 rings (SSSR count). The predicted octanol–water partition coefficient (Wildman–Crippen LogP) is 1.90. The molecule has 0 saturated carbocycles. The minimum atomic E-state index is 0.286. The standard InChI is InChI=1S/C7H15N/c1-4-7(2,3)5-6-8/h5-6H,4,8H2,1-3H3. The Bertz CT molecular complexity index is 82.4. The normalized spacial score (nSPS) is 12.9. The van der Waals surface area contributed by atoms with Crippen LogP contribution >= 0.6 is 0 Å². The lowest BCUT2D eigenvalue weighted by molar-refractivity contribution is 0.461. The smallest absolute Gasteiger partial charge is 0.00976 e. The molecule has 0 aliphatic rings. The lowest BCUT2D eigenvalue weighted by Crippen LogP contribution is -2.05. The van der Waals surface area contributed by atoms with Crippen molar-refractivity contribution in [1.82, 2.24) is 0 Å². The second kappa shape index (κ2) is 2.75. The Kier molecular flexibility index (Phi) is 2.59. The number of allylic oxidation sites excluding steroid dienone is 1. The van der Waals surface area contributed by atoms with E-state index >= 15 is 0 Å². The molecule has 0 atom stereocenters. The third kappa shape index (κ3) is 2.67. The Morgan fingerprint density at radius 1 is 1.50 bits per heavy atom. The van der Waals surface area contributed by atoms with Crippen molar-refractivity contribution in [2.24, 2.45) is 11.1 Å². The van der Waals surface area contributed by atoms with E-state index in [-0.39, 0.29) is 5.41 Å². The number of hydrogen-bond acceptors (Lipinski definition) is 1. The first kappa shape index (κ1) is 7.54. The second-order valence-corrected chi connectivity index (χ2v) is 2.70. The van der Waals surface area contributed by atoms with Gasteiger partial charge in [0.2, 0.25) is 0 Å². The van der Waals surface area contributed by atoms with Crippen molar-refractivity contribution < 1.29 is 0 Å². The highest BCUT2D eigenvalue weighted by Crippen LogP contribution is 2.19. The van der Waals surface area contributed by atoms with E-state index in [0.717, 1.165) is 6.42 Å². The first-order valence-corrected chi connectivity index (χ1v) is 3.02. The Morgan fingerprint density at radius 2 is 2.00 bits per heavy atom. The minimum absolute atomic E-state index is 0.286. The largest absolute Gasteiger partial charge is 0.405 e. The summed E-state index contributed by atoms with van der Waals surface area (Å²) in [6, 6.07) is 0. The zero-order valence-electron chi connectivity index (χ0n) is 5.94. The summed E-state index contributed by atoms with van der Waals surface area (Å²) in [7, 11) is 0. The van der Waals surface area contributed by atoms with Crippen molar-refractivity contribution in [2.75, 3.05) is 0 Å². The zero-order valence-corrected chi connectivity index (χ0v) is 5.94. The van der Waals surface area contributed by atoms with Gasteiger partial charge in [0.15, 0.2) is 0 Å². The highest BCUT2D eigenvalue weighted by atomic mass is 14.5. The van der Waals surface area contributed by atoms with Crippen molar-refractivity contribution >= 4 is 0 Å². The first-order chi connectivity index (χ1) is 3.62. The Hall–Kier alpha value is -0.460. The minimum Gasteiger partial charge on any atom is -0.405 e. The average molecular weight is 113 g/mol. The molecule has 0 heterocycles. The topological polar surface area (TPSA) is 26.0 Å². The molecule has 0 aliphatic heterocycles. The Labute approximate surface area is 51.6 Å². The van der Waals surface area contributed by atoms with Crippen molar-refractivity contribution in [3.8, 4) is 0 Å².